The summed E-state index contributed by atoms with van der Waals surface area (Å²) in [7, 11) is 0. The molecule has 4 aromatic heterocycles. The largest absolute Gasteiger partial charge is 0.350 e. The van der Waals surface area contributed by atoms with E-state index >= 15 is 0 Å². The molecule has 8 nitrogen and oxygen atoms in total. The lowest BCUT2D eigenvalue weighted by Crippen LogP contribution is -2.56. The van der Waals surface area contributed by atoms with Crippen LogP contribution < -0.4 is 10.2 Å². The van der Waals surface area contributed by atoms with Gasteiger partial charge in [0.2, 0.25) is 0 Å². The minimum atomic E-state index is -2.76. The van der Waals surface area contributed by atoms with Crippen LogP contribution in [-0.2, 0) is 0 Å². The Balaban J connectivity index is 1.50. The van der Waals surface area contributed by atoms with Crippen LogP contribution >= 0.6 is 11.3 Å². The van der Waals surface area contributed by atoms with Gasteiger partial charge in [0.05, 0.1) is 41.1 Å². The Hall–Kier alpha value is -3.44. The summed E-state index contributed by atoms with van der Waals surface area (Å²) in [6, 6.07) is 9.25. The predicted molar refractivity (Wildman–Crippen MR) is 141 cm³/mol. The van der Waals surface area contributed by atoms with Gasteiger partial charge in [0.1, 0.15) is 5.82 Å². The highest BCUT2D eigenvalue weighted by Gasteiger charge is 2.44. The third kappa shape index (κ3) is 5.19. The summed E-state index contributed by atoms with van der Waals surface area (Å²) in [5.74, 6) is -2.71. The number of alkyl halides is 2. The third-order valence-corrected chi connectivity index (χ3v) is 7.55. The van der Waals surface area contributed by atoms with Gasteiger partial charge in [0, 0.05) is 24.3 Å². The highest BCUT2D eigenvalue weighted by molar-refractivity contribution is 7.13. The Labute approximate surface area is 218 Å². The van der Waals surface area contributed by atoms with Crippen LogP contribution in [0.2, 0.25) is 0 Å². The maximum Gasteiger partial charge on any atom is 0.282 e. The SMILES string of the molecule is CCN(CC)C(C)CNC(=O)c1cc(-c2cnn3ccc(-c4cccs4)nc23)nc(N2CC(F)(F)C2)c1. The van der Waals surface area contributed by atoms with E-state index in [0.717, 1.165) is 23.7 Å². The first-order valence-corrected chi connectivity index (χ1v) is 13.2. The maximum atomic E-state index is 13.7. The Bertz CT molecular complexity index is 1390. The minimum absolute atomic E-state index is 0.160. The summed E-state index contributed by atoms with van der Waals surface area (Å²) < 4.78 is 29.0. The maximum absolute atomic E-state index is 13.7. The fourth-order valence-corrected chi connectivity index (χ4v) is 5.25. The number of anilines is 1. The fraction of sp³-hybridized carbons (Fsp3) is 0.385. The number of halogens is 2. The van der Waals surface area contributed by atoms with Gasteiger partial charge in [-0.3, -0.25) is 9.69 Å². The number of thiophene rings is 1. The Morgan fingerprint density at radius 3 is 2.65 bits per heavy atom. The van der Waals surface area contributed by atoms with Crippen LogP contribution in [0.1, 0.15) is 31.1 Å². The van der Waals surface area contributed by atoms with Crippen LogP contribution in [0.25, 0.3) is 27.5 Å². The smallest absolute Gasteiger partial charge is 0.282 e. The Morgan fingerprint density at radius 2 is 1.97 bits per heavy atom. The van der Waals surface area contributed by atoms with Crippen molar-refractivity contribution in [3.8, 4) is 21.8 Å². The number of carbonyl (C=O) groups excluding carboxylic acids is 1. The third-order valence-electron chi connectivity index (χ3n) is 6.65. The highest BCUT2D eigenvalue weighted by Crippen LogP contribution is 2.34. The van der Waals surface area contributed by atoms with Crippen molar-refractivity contribution in [3.05, 3.63) is 53.7 Å². The lowest BCUT2D eigenvalue weighted by atomic mass is 10.1. The van der Waals surface area contributed by atoms with Crippen molar-refractivity contribution in [1.29, 1.82) is 0 Å². The van der Waals surface area contributed by atoms with Crippen LogP contribution in [0, 0.1) is 0 Å². The lowest BCUT2D eigenvalue weighted by Gasteiger charge is -2.39. The van der Waals surface area contributed by atoms with Crippen LogP contribution in [-0.4, -0.2) is 75.1 Å². The molecule has 5 rings (SSSR count). The molecule has 11 heteroatoms. The summed E-state index contributed by atoms with van der Waals surface area (Å²) in [5.41, 5.74) is 2.81. The number of aromatic nitrogens is 4. The monoisotopic (exact) mass is 525 g/mol. The van der Waals surface area contributed by atoms with Crippen molar-refractivity contribution in [3.63, 3.8) is 0 Å². The fourth-order valence-electron chi connectivity index (χ4n) is 4.55. The van der Waals surface area contributed by atoms with E-state index in [1.54, 1.807) is 34.2 Å². The number of nitrogens with zero attached hydrogens (tertiary/aromatic N) is 6. The summed E-state index contributed by atoms with van der Waals surface area (Å²) >= 11 is 1.58. The molecule has 1 aliphatic heterocycles. The molecule has 194 valence electrons. The number of hydrogen-bond donors (Lipinski definition) is 1. The number of pyridine rings is 1. The molecule has 1 saturated heterocycles. The zero-order valence-electron chi connectivity index (χ0n) is 21.0. The molecule has 0 saturated carbocycles. The van der Waals surface area contributed by atoms with Gasteiger partial charge < -0.3 is 10.2 Å². The first kappa shape index (κ1) is 25.2. The van der Waals surface area contributed by atoms with E-state index in [4.69, 9.17) is 4.98 Å². The number of carbonyl (C=O) groups is 1. The van der Waals surface area contributed by atoms with Crippen molar-refractivity contribution >= 4 is 28.7 Å². The number of amides is 1. The van der Waals surface area contributed by atoms with Crippen molar-refractivity contribution < 1.29 is 13.6 Å². The van der Waals surface area contributed by atoms with E-state index < -0.39 is 19.0 Å². The number of likely N-dealkylation sites (N-methyl/N-ethyl adjacent to an activating group) is 1. The van der Waals surface area contributed by atoms with Crippen LogP contribution in [0.3, 0.4) is 0 Å². The average molecular weight is 526 g/mol. The van der Waals surface area contributed by atoms with Gasteiger partial charge in [-0.2, -0.15) is 5.10 Å². The normalized spacial score (nSPS) is 15.7. The van der Waals surface area contributed by atoms with Gasteiger partial charge in [-0.25, -0.2) is 23.3 Å². The van der Waals surface area contributed by atoms with Crippen LogP contribution in [0.15, 0.2) is 48.1 Å². The topological polar surface area (TPSA) is 78.7 Å². The van der Waals surface area contributed by atoms with E-state index in [1.165, 1.54) is 4.90 Å². The summed E-state index contributed by atoms with van der Waals surface area (Å²) in [6.07, 6.45) is 3.46. The molecule has 0 aromatic carbocycles. The molecule has 1 fully saturated rings. The molecule has 1 unspecified atom stereocenters. The molecule has 5 heterocycles. The standard InChI is InChI=1S/C26H29F2N7OS/c1-4-33(5-2)17(3)13-29-25(36)18-11-21(31-23(12-18)34-15-26(27,28)16-34)19-14-30-35-9-8-20(32-24(19)35)22-7-6-10-37-22/h6-12,14,17H,4-5,13,15-16H2,1-3H3,(H,29,36). The van der Waals surface area contributed by atoms with Gasteiger partial charge >= 0.3 is 0 Å². The van der Waals surface area contributed by atoms with E-state index in [1.807, 2.05) is 29.8 Å². The second-order valence-electron chi connectivity index (χ2n) is 9.21. The highest BCUT2D eigenvalue weighted by atomic mass is 32.1. The number of rotatable bonds is 9. The molecule has 0 spiro atoms. The molecule has 1 N–H and O–H groups in total. The van der Waals surface area contributed by atoms with Gasteiger partial charge in [0.15, 0.2) is 5.65 Å². The summed E-state index contributed by atoms with van der Waals surface area (Å²) in [5, 5.41) is 9.38. The van der Waals surface area contributed by atoms with Gasteiger partial charge in [-0.1, -0.05) is 19.9 Å². The lowest BCUT2D eigenvalue weighted by molar-refractivity contribution is -0.0266. The average Bonchev–Trinajstić information content (AvgIpc) is 3.56. The molecular weight excluding hydrogens is 496 g/mol. The second-order valence-corrected chi connectivity index (χ2v) is 10.2. The first-order valence-electron chi connectivity index (χ1n) is 12.3. The van der Waals surface area contributed by atoms with Crippen molar-refractivity contribution in [2.75, 3.05) is 37.6 Å². The first-order chi connectivity index (χ1) is 17.8. The quantitative estimate of drug-likeness (QED) is 0.348. The molecular formula is C26H29F2N7OS. The van der Waals surface area contributed by atoms with Crippen LogP contribution in [0.4, 0.5) is 14.6 Å². The molecule has 0 bridgehead atoms. The van der Waals surface area contributed by atoms with Crippen molar-refractivity contribution in [2.45, 2.75) is 32.7 Å². The predicted octanol–water partition coefficient (Wildman–Crippen LogP) is 4.44. The molecule has 1 amide bonds. The van der Waals surface area contributed by atoms with Gasteiger partial charge in [0.25, 0.3) is 11.8 Å². The van der Waals surface area contributed by atoms with E-state index in [0.29, 0.717) is 34.8 Å². The number of fused-ring (bicyclic) bond motifs is 1. The van der Waals surface area contributed by atoms with Crippen molar-refractivity contribution in [1.82, 2.24) is 29.8 Å². The second kappa shape index (κ2) is 10.1. The molecule has 1 aliphatic rings. The molecule has 0 radical (unpaired) electrons. The van der Waals surface area contributed by atoms with E-state index in [9.17, 15) is 13.6 Å². The Morgan fingerprint density at radius 1 is 1.19 bits per heavy atom. The summed E-state index contributed by atoms with van der Waals surface area (Å²) in [4.78, 5) is 27.4. The van der Waals surface area contributed by atoms with Gasteiger partial charge in [-0.05, 0) is 49.7 Å². The van der Waals surface area contributed by atoms with E-state index in [-0.39, 0.29) is 11.9 Å². The number of nitrogens with one attached hydrogen (secondary N) is 1. The summed E-state index contributed by atoms with van der Waals surface area (Å²) in [6.45, 7) is 7.61. The zero-order valence-corrected chi connectivity index (χ0v) is 21.8. The molecule has 1 atom stereocenters. The number of hydrogen-bond acceptors (Lipinski definition) is 7. The Kier molecular flexibility index (Phi) is 6.91. The van der Waals surface area contributed by atoms with E-state index in [2.05, 4.69) is 41.1 Å². The van der Waals surface area contributed by atoms with Crippen molar-refractivity contribution in [2.24, 2.45) is 0 Å². The molecule has 4 aromatic rings. The van der Waals surface area contributed by atoms with Crippen LogP contribution in [0.5, 0.6) is 0 Å². The zero-order chi connectivity index (χ0) is 26.2. The molecule has 0 aliphatic carbocycles. The van der Waals surface area contributed by atoms with Gasteiger partial charge in [-0.15, -0.1) is 11.3 Å². The molecule has 37 heavy (non-hydrogen) atoms. The minimum Gasteiger partial charge on any atom is -0.350 e.